The van der Waals surface area contributed by atoms with E-state index in [1.54, 1.807) is 12.1 Å². The number of nitrogens with one attached hydrogen (secondary N) is 2. The molecule has 4 atom stereocenters. The first-order valence-electron chi connectivity index (χ1n) is 18.9. The van der Waals surface area contributed by atoms with Crippen LogP contribution >= 0.6 is 11.6 Å². The zero-order chi connectivity index (χ0) is 39.8. The molecule has 2 aliphatic carbocycles. The Bertz CT molecular complexity index is 1840. The third-order valence-corrected chi connectivity index (χ3v) is 12.1. The van der Waals surface area contributed by atoms with Gasteiger partial charge < -0.3 is 45.6 Å². The lowest BCUT2D eigenvalue weighted by atomic mass is 9.94. The van der Waals surface area contributed by atoms with E-state index in [-0.39, 0.29) is 43.2 Å². The maximum Gasteiger partial charge on any atom is 0.315 e. The number of benzene rings is 3. The molecule has 15 heteroatoms. The Morgan fingerprint density at radius 1 is 0.945 bits per heavy atom. The first-order chi connectivity index (χ1) is 26.3. The van der Waals surface area contributed by atoms with Gasteiger partial charge in [0, 0.05) is 30.2 Å². The Labute approximate surface area is 328 Å². The highest BCUT2D eigenvalue weighted by Crippen LogP contribution is 2.53. The molecule has 2 amide bonds. The highest BCUT2D eigenvalue weighted by molar-refractivity contribution is 7.89. The number of hydrogen-bond donors (Lipinski definition) is 7. The molecule has 3 aromatic carbocycles. The van der Waals surface area contributed by atoms with Crippen LogP contribution in [0, 0.1) is 5.92 Å². The number of nitrogens with zero attached hydrogens (tertiary/aromatic N) is 1. The van der Waals surface area contributed by atoms with Crippen molar-refractivity contribution in [1.29, 1.82) is 0 Å². The van der Waals surface area contributed by atoms with E-state index in [9.17, 15) is 33.6 Å². The van der Waals surface area contributed by atoms with Crippen LogP contribution in [0.1, 0.15) is 63.5 Å². The Morgan fingerprint density at radius 3 is 2.29 bits per heavy atom. The fourth-order valence-electron chi connectivity index (χ4n) is 6.43. The van der Waals surface area contributed by atoms with E-state index >= 15 is 0 Å². The number of aliphatic hydroxyl groups is 5. The van der Waals surface area contributed by atoms with Crippen LogP contribution in [0.25, 0.3) is 11.1 Å². The van der Waals surface area contributed by atoms with Crippen LogP contribution in [0.5, 0.6) is 5.75 Å². The molecule has 0 aromatic heterocycles. The number of unbranched alkanes of at least 4 members (excludes halogenated alkanes) is 1. The fraction of sp³-hybridized carbons (Fsp3) is 0.525. The Hall–Kier alpha value is -3.31. The number of carbonyl (C=O) groups is 1. The number of aliphatic hydroxyl groups excluding tert-OH is 5. The minimum Gasteiger partial charge on any atom is -0.490 e. The summed E-state index contributed by atoms with van der Waals surface area (Å²) in [5.41, 5.74) is 3.13. The molecule has 55 heavy (non-hydrogen) atoms. The van der Waals surface area contributed by atoms with Crippen molar-refractivity contribution < 1.29 is 48.2 Å². The summed E-state index contributed by atoms with van der Waals surface area (Å²) in [5.74, 6) is 0.883. The van der Waals surface area contributed by atoms with Gasteiger partial charge in [-0.25, -0.2) is 13.2 Å². The summed E-state index contributed by atoms with van der Waals surface area (Å²) in [7, 11) is -3.94. The number of hydrogen-bond acceptors (Lipinski definition) is 10. The average molecular weight is 804 g/mol. The number of rotatable bonds is 22. The van der Waals surface area contributed by atoms with Crippen LogP contribution < -0.4 is 15.4 Å². The van der Waals surface area contributed by atoms with Crippen LogP contribution in [0.4, 0.5) is 4.79 Å². The highest BCUT2D eigenvalue weighted by Gasteiger charge is 2.47. The van der Waals surface area contributed by atoms with Gasteiger partial charge >= 0.3 is 6.03 Å². The Balaban J connectivity index is 1.20. The molecule has 0 bridgehead atoms. The number of sulfonamides is 1. The standard InChI is InChI=1S/C40H54ClN3O10S/c1-26(2)22-44(20-8-7-19-42-39(50)43-34(23-45)37(48)38(49)35(47)24-46)55(51,52)29-15-16-33(41)27(21-29)25-53-40(17-18-40)32-11-5-3-9-30(32)31-10-4-6-12-36(31)54-28-13-14-28/h3-6,9-12,15-16,21,26,28,34-35,37-38,45-49H,7-8,13-14,17-20,22-25H2,1-2H3,(H2,42,43,50)/t34-,35+,37+,38+/m0/s1. The zero-order valence-corrected chi connectivity index (χ0v) is 32.9. The Morgan fingerprint density at radius 2 is 1.64 bits per heavy atom. The summed E-state index contributed by atoms with van der Waals surface area (Å²) in [6, 6.07) is 18.8. The van der Waals surface area contributed by atoms with Gasteiger partial charge in [0.2, 0.25) is 10.0 Å². The van der Waals surface area contributed by atoms with Crippen LogP contribution in [0.3, 0.4) is 0 Å². The van der Waals surface area contributed by atoms with Gasteiger partial charge in [0.05, 0.1) is 42.5 Å². The molecule has 0 unspecified atom stereocenters. The molecular formula is C40H54ClN3O10S. The van der Waals surface area contributed by atoms with Gasteiger partial charge in [-0.15, -0.1) is 0 Å². The molecule has 0 saturated heterocycles. The molecule has 3 aromatic rings. The molecule has 302 valence electrons. The maximum atomic E-state index is 14.0. The summed E-state index contributed by atoms with van der Waals surface area (Å²) in [6.07, 6.45) is -0.367. The van der Waals surface area contributed by atoms with E-state index in [1.165, 1.54) is 10.4 Å². The number of para-hydroxylation sites is 1. The summed E-state index contributed by atoms with van der Waals surface area (Å²) < 4.78 is 42.4. The summed E-state index contributed by atoms with van der Waals surface area (Å²) in [5, 5.41) is 53.5. The number of urea groups is 1. The summed E-state index contributed by atoms with van der Waals surface area (Å²) in [6.45, 7) is 3.05. The SMILES string of the molecule is CC(C)CN(CCCCNC(=O)N[C@@H](CO)[C@@H](O)[C@H](O)[C@H](O)CO)S(=O)(=O)c1ccc(Cl)c(COC2(c3ccccc3-c3ccccc3OC3CC3)CC2)c1. The average Bonchev–Trinajstić information content (AvgIpc) is 4.13. The van der Waals surface area contributed by atoms with Gasteiger partial charge in [0.1, 0.15) is 24.1 Å². The van der Waals surface area contributed by atoms with Crippen LogP contribution in [-0.2, 0) is 27.0 Å². The summed E-state index contributed by atoms with van der Waals surface area (Å²) >= 11 is 6.64. The van der Waals surface area contributed by atoms with E-state index in [4.69, 9.17) is 26.2 Å². The van der Waals surface area contributed by atoms with Crippen LogP contribution in [-0.4, -0.2) is 108 Å². The van der Waals surface area contributed by atoms with Crippen LogP contribution in [0.2, 0.25) is 5.02 Å². The van der Waals surface area contributed by atoms with Crippen LogP contribution in [0.15, 0.2) is 71.6 Å². The monoisotopic (exact) mass is 803 g/mol. The van der Waals surface area contributed by atoms with Gasteiger partial charge in [-0.2, -0.15) is 4.31 Å². The lowest BCUT2D eigenvalue weighted by Crippen LogP contribution is -2.56. The number of amides is 2. The molecule has 2 fully saturated rings. The molecule has 2 saturated carbocycles. The highest BCUT2D eigenvalue weighted by atomic mass is 35.5. The van der Waals surface area contributed by atoms with Crippen molar-refractivity contribution >= 4 is 27.7 Å². The molecular weight excluding hydrogens is 750 g/mol. The second-order valence-corrected chi connectivity index (χ2v) is 17.1. The fourth-order valence-corrected chi connectivity index (χ4v) is 8.29. The number of carbonyl (C=O) groups excluding carboxylic acids is 1. The lowest BCUT2D eigenvalue weighted by molar-refractivity contribution is -0.0902. The molecule has 0 spiro atoms. The van der Waals surface area contributed by atoms with Crippen molar-refractivity contribution in [3.63, 3.8) is 0 Å². The first kappa shape index (κ1) is 42.8. The quantitative estimate of drug-likeness (QED) is 0.0732. The van der Waals surface area contributed by atoms with Gasteiger partial charge in [0.15, 0.2) is 0 Å². The molecule has 0 aliphatic heterocycles. The van der Waals surface area contributed by atoms with Gasteiger partial charge in [-0.05, 0) is 85.4 Å². The van der Waals surface area contributed by atoms with E-state index < -0.39 is 59.2 Å². The van der Waals surface area contributed by atoms with Crippen molar-refractivity contribution in [2.75, 3.05) is 32.8 Å². The van der Waals surface area contributed by atoms with Gasteiger partial charge in [-0.1, -0.05) is 67.9 Å². The van der Waals surface area contributed by atoms with Gasteiger partial charge in [-0.3, -0.25) is 0 Å². The summed E-state index contributed by atoms with van der Waals surface area (Å²) in [4.78, 5) is 12.5. The smallest absolute Gasteiger partial charge is 0.315 e. The topological polar surface area (TPSA) is 198 Å². The zero-order valence-electron chi connectivity index (χ0n) is 31.3. The molecule has 7 N–H and O–H groups in total. The third kappa shape index (κ3) is 11.2. The Kier molecular flexibility index (Phi) is 15.0. The van der Waals surface area contributed by atoms with Crippen molar-refractivity contribution in [2.45, 2.75) is 99.9 Å². The van der Waals surface area contributed by atoms with E-state index in [0.717, 1.165) is 48.1 Å². The first-order valence-corrected chi connectivity index (χ1v) is 20.7. The third-order valence-electron chi connectivity index (χ3n) is 9.82. The normalized spacial score (nSPS) is 17.4. The van der Waals surface area contributed by atoms with Crippen molar-refractivity contribution in [2.24, 2.45) is 5.92 Å². The predicted octanol–water partition coefficient (Wildman–Crippen LogP) is 3.92. The minimum atomic E-state index is -3.94. The van der Waals surface area contributed by atoms with Crippen molar-refractivity contribution in [1.82, 2.24) is 14.9 Å². The molecule has 13 nitrogen and oxygen atoms in total. The number of halogens is 1. The largest absolute Gasteiger partial charge is 0.490 e. The minimum absolute atomic E-state index is 0.0323. The molecule has 0 heterocycles. The van der Waals surface area contributed by atoms with Gasteiger partial charge in [0.25, 0.3) is 0 Å². The van der Waals surface area contributed by atoms with E-state index in [0.29, 0.717) is 23.4 Å². The lowest BCUT2D eigenvalue weighted by Gasteiger charge is -2.28. The second-order valence-electron chi connectivity index (χ2n) is 14.8. The maximum absolute atomic E-state index is 14.0. The number of ether oxygens (including phenoxy) is 2. The molecule has 0 radical (unpaired) electrons. The van der Waals surface area contributed by atoms with E-state index in [2.05, 4.69) is 28.8 Å². The molecule has 2 aliphatic rings. The molecule has 5 rings (SSSR count). The second kappa shape index (κ2) is 19.2. The van der Waals surface area contributed by atoms with E-state index in [1.807, 2.05) is 44.2 Å². The predicted molar refractivity (Wildman–Crippen MR) is 208 cm³/mol. The van der Waals surface area contributed by atoms with Crippen molar-refractivity contribution in [3.8, 4) is 16.9 Å². The van der Waals surface area contributed by atoms with Crippen molar-refractivity contribution in [3.05, 3.63) is 82.9 Å².